The van der Waals surface area contributed by atoms with Gasteiger partial charge in [0.15, 0.2) is 0 Å². The lowest BCUT2D eigenvalue weighted by molar-refractivity contribution is -0.768. The van der Waals surface area contributed by atoms with Crippen LogP contribution in [0.3, 0.4) is 0 Å². The summed E-state index contributed by atoms with van der Waals surface area (Å²) in [4.78, 5) is 23.2. The Morgan fingerprint density at radius 3 is 1.93 bits per heavy atom. The molecule has 2 atom stereocenters. The van der Waals surface area contributed by atoms with E-state index in [-0.39, 0.29) is 12.2 Å². The molecular weight excluding hydrogens is 350 g/mol. The zero-order chi connectivity index (χ0) is 21.7. The van der Waals surface area contributed by atoms with Crippen molar-refractivity contribution in [2.24, 2.45) is 0 Å². The third kappa shape index (κ3) is 26.2. The number of aliphatic carboxylic acids is 1. The van der Waals surface area contributed by atoms with E-state index in [9.17, 15) is 10.1 Å². The SMILES string of the molecule is CC(=O)O.CCC.CCCC(CC)O[N+](=O)[O-].COC(C)c1ccccc1. The Morgan fingerprint density at radius 2 is 1.63 bits per heavy atom. The van der Waals surface area contributed by atoms with Crippen LogP contribution < -0.4 is 0 Å². The average Bonchev–Trinajstić information content (AvgIpc) is 2.62. The number of ether oxygens (including phenoxy) is 1. The molecule has 0 aliphatic rings. The number of benzene rings is 1. The quantitative estimate of drug-likeness (QED) is 0.477. The van der Waals surface area contributed by atoms with Crippen LogP contribution in [-0.2, 0) is 14.4 Å². The molecule has 0 fully saturated rings. The number of rotatable bonds is 7. The number of hydrogen-bond donors (Lipinski definition) is 1. The summed E-state index contributed by atoms with van der Waals surface area (Å²) in [7, 11) is 1.72. The Morgan fingerprint density at radius 1 is 1.19 bits per heavy atom. The molecule has 0 saturated heterocycles. The molecule has 1 rings (SSSR count). The van der Waals surface area contributed by atoms with Crippen molar-refractivity contribution >= 4 is 5.97 Å². The number of methoxy groups -OCH3 is 1. The van der Waals surface area contributed by atoms with E-state index in [4.69, 9.17) is 14.6 Å². The van der Waals surface area contributed by atoms with Gasteiger partial charge < -0.3 is 14.7 Å². The zero-order valence-electron chi connectivity index (χ0n) is 17.8. The minimum atomic E-state index is -0.833. The zero-order valence-corrected chi connectivity index (χ0v) is 17.8. The van der Waals surface area contributed by atoms with E-state index < -0.39 is 11.1 Å². The van der Waals surface area contributed by atoms with E-state index in [0.717, 1.165) is 19.8 Å². The van der Waals surface area contributed by atoms with Crippen molar-refractivity contribution in [3.8, 4) is 0 Å². The number of nitrogens with zero attached hydrogens (tertiary/aromatic N) is 1. The summed E-state index contributed by atoms with van der Waals surface area (Å²) in [5.41, 5.74) is 1.23. The van der Waals surface area contributed by atoms with Crippen LogP contribution in [0.15, 0.2) is 30.3 Å². The van der Waals surface area contributed by atoms with Crippen molar-refractivity contribution in [3.05, 3.63) is 46.0 Å². The predicted octanol–water partition coefficient (Wildman–Crippen LogP) is 5.67. The topological polar surface area (TPSA) is 98.9 Å². The van der Waals surface area contributed by atoms with E-state index in [1.54, 1.807) is 7.11 Å². The molecule has 0 saturated carbocycles. The van der Waals surface area contributed by atoms with Gasteiger partial charge in [-0.1, -0.05) is 70.9 Å². The van der Waals surface area contributed by atoms with Gasteiger partial charge >= 0.3 is 0 Å². The van der Waals surface area contributed by atoms with Crippen LogP contribution in [0, 0.1) is 10.1 Å². The molecule has 0 radical (unpaired) electrons. The summed E-state index contributed by atoms with van der Waals surface area (Å²) in [5, 5.41) is 16.5. The van der Waals surface area contributed by atoms with E-state index in [1.807, 2.05) is 39.0 Å². The first-order valence-corrected chi connectivity index (χ1v) is 9.28. The van der Waals surface area contributed by atoms with Crippen LogP contribution >= 0.6 is 0 Å². The summed E-state index contributed by atoms with van der Waals surface area (Å²) < 4.78 is 5.14. The van der Waals surface area contributed by atoms with Crippen LogP contribution in [0.2, 0.25) is 0 Å². The average molecular weight is 388 g/mol. The second kappa shape index (κ2) is 21.9. The summed E-state index contributed by atoms with van der Waals surface area (Å²) in [5.74, 6) is -0.833. The fraction of sp³-hybridized carbons (Fsp3) is 0.650. The fourth-order valence-electron chi connectivity index (χ4n) is 1.64. The number of carbonyl (C=O) groups is 1. The highest BCUT2D eigenvalue weighted by Gasteiger charge is 2.08. The highest BCUT2D eigenvalue weighted by Crippen LogP contribution is 2.13. The van der Waals surface area contributed by atoms with Gasteiger partial charge in [0.2, 0.25) is 0 Å². The van der Waals surface area contributed by atoms with Gasteiger partial charge in [-0.2, -0.15) is 0 Å². The Balaban J connectivity index is -0.000000320. The lowest BCUT2D eigenvalue weighted by Crippen LogP contribution is -2.15. The van der Waals surface area contributed by atoms with Crippen LogP contribution in [0.1, 0.15) is 78.9 Å². The molecule has 0 amide bonds. The Labute approximate surface area is 163 Å². The molecule has 0 aliphatic carbocycles. The van der Waals surface area contributed by atoms with Gasteiger partial charge in [0.05, 0.1) is 6.10 Å². The molecular formula is C20H37NO6. The molecule has 0 heterocycles. The molecule has 0 aliphatic heterocycles. The first kappa shape index (κ1) is 29.6. The minimum Gasteiger partial charge on any atom is -0.481 e. The minimum absolute atomic E-state index is 0.208. The predicted molar refractivity (Wildman–Crippen MR) is 108 cm³/mol. The van der Waals surface area contributed by atoms with Gasteiger partial charge in [0, 0.05) is 14.0 Å². The van der Waals surface area contributed by atoms with E-state index in [2.05, 4.69) is 30.8 Å². The molecule has 1 N–H and O–H groups in total. The van der Waals surface area contributed by atoms with Crippen molar-refractivity contribution in [3.63, 3.8) is 0 Å². The van der Waals surface area contributed by atoms with E-state index >= 15 is 0 Å². The molecule has 7 heteroatoms. The van der Waals surface area contributed by atoms with Gasteiger partial charge in [0.25, 0.3) is 11.1 Å². The number of carboxylic acids is 1. The van der Waals surface area contributed by atoms with Crippen LogP contribution in [0.4, 0.5) is 0 Å². The second-order valence-electron chi connectivity index (χ2n) is 5.66. The maximum atomic E-state index is 9.83. The van der Waals surface area contributed by atoms with Crippen molar-refractivity contribution < 1.29 is 24.6 Å². The summed E-state index contributed by atoms with van der Waals surface area (Å²) >= 11 is 0. The third-order valence-corrected chi connectivity index (χ3v) is 2.92. The maximum Gasteiger partial charge on any atom is 0.300 e. The number of hydrogen-bond acceptors (Lipinski definition) is 5. The molecule has 0 aromatic heterocycles. The van der Waals surface area contributed by atoms with E-state index in [0.29, 0.717) is 6.42 Å². The van der Waals surface area contributed by atoms with Crippen molar-refractivity contribution in [1.82, 2.24) is 0 Å². The molecule has 158 valence electrons. The summed E-state index contributed by atoms with van der Waals surface area (Å²) in [6.07, 6.45) is 3.64. The van der Waals surface area contributed by atoms with Gasteiger partial charge in [-0.25, -0.2) is 0 Å². The monoisotopic (exact) mass is 387 g/mol. The molecule has 2 unspecified atom stereocenters. The highest BCUT2D eigenvalue weighted by atomic mass is 17.0. The first-order chi connectivity index (χ1) is 12.7. The third-order valence-electron chi connectivity index (χ3n) is 2.92. The van der Waals surface area contributed by atoms with Crippen LogP contribution in [0.25, 0.3) is 0 Å². The molecule has 0 bridgehead atoms. The second-order valence-corrected chi connectivity index (χ2v) is 5.66. The Kier molecular flexibility index (Phi) is 24.0. The summed E-state index contributed by atoms with van der Waals surface area (Å²) in [6, 6.07) is 10.2. The van der Waals surface area contributed by atoms with E-state index in [1.165, 1.54) is 12.0 Å². The molecule has 1 aromatic carbocycles. The van der Waals surface area contributed by atoms with Crippen LogP contribution in [0.5, 0.6) is 0 Å². The lowest BCUT2D eigenvalue weighted by Gasteiger charge is -2.09. The van der Waals surface area contributed by atoms with Crippen molar-refractivity contribution in [1.29, 1.82) is 0 Å². The Hall–Kier alpha value is -2.15. The van der Waals surface area contributed by atoms with Crippen molar-refractivity contribution in [2.45, 2.75) is 79.4 Å². The Bertz CT molecular complexity index is 449. The normalized spacial score (nSPS) is 11.1. The molecule has 1 aromatic rings. The van der Waals surface area contributed by atoms with Crippen LogP contribution in [-0.4, -0.2) is 29.4 Å². The summed E-state index contributed by atoms with van der Waals surface area (Å²) in [6.45, 7) is 11.2. The highest BCUT2D eigenvalue weighted by molar-refractivity contribution is 5.62. The molecule has 7 nitrogen and oxygen atoms in total. The fourth-order valence-corrected chi connectivity index (χ4v) is 1.64. The lowest BCUT2D eigenvalue weighted by atomic mass is 10.1. The maximum absolute atomic E-state index is 9.83. The smallest absolute Gasteiger partial charge is 0.300 e. The largest absolute Gasteiger partial charge is 0.481 e. The first-order valence-electron chi connectivity index (χ1n) is 9.28. The molecule has 0 spiro atoms. The standard InChI is InChI=1S/C9H12O.C6H13NO3.C3H8.C2H4O2/c1-8(10-2)9-6-4-3-5-7-9;1-3-5-6(4-2)10-7(8)9;1-3-2;1-2(3)4/h3-8H,1-2H3;6H,3-5H2,1-2H3;3H2,1-2H3;1H3,(H,3,4). The van der Waals surface area contributed by atoms with Crippen molar-refractivity contribution in [2.75, 3.05) is 7.11 Å². The van der Waals surface area contributed by atoms with Gasteiger partial charge in [0.1, 0.15) is 6.10 Å². The molecule has 27 heavy (non-hydrogen) atoms. The van der Waals surface area contributed by atoms with Gasteiger partial charge in [-0.3, -0.25) is 4.79 Å². The number of carboxylic acid groups (broad SMARTS) is 1. The van der Waals surface area contributed by atoms with Gasteiger partial charge in [-0.15, -0.1) is 10.1 Å². The van der Waals surface area contributed by atoms with Gasteiger partial charge in [-0.05, 0) is 25.3 Å².